The smallest absolute Gasteiger partial charge is 0.222 e. The van der Waals surface area contributed by atoms with Gasteiger partial charge >= 0.3 is 0 Å². The zero-order valence-corrected chi connectivity index (χ0v) is 12.8. The number of fused-ring (bicyclic) bond motifs is 1. The van der Waals surface area contributed by atoms with Crippen LogP contribution in [-0.4, -0.2) is 20.7 Å². The van der Waals surface area contributed by atoms with Crippen LogP contribution in [0.25, 0.3) is 11.0 Å². The minimum atomic E-state index is 0.610. The summed E-state index contributed by atoms with van der Waals surface area (Å²) in [6.07, 6.45) is 3.52. The number of hydrazone groups is 1. The average Bonchev–Trinajstić information content (AvgIpc) is 3.07. The number of para-hydroxylation sites is 2. The molecule has 0 aliphatic carbocycles. The van der Waals surface area contributed by atoms with Gasteiger partial charge in [-0.1, -0.05) is 42.5 Å². The number of nitrogens with one attached hydrogen (secondary N) is 2. The van der Waals surface area contributed by atoms with Crippen LogP contribution in [-0.2, 0) is 0 Å². The third kappa shape index (κ3) is 2.87. The molecule has 4 rings (SSSR count). The SMILES string of the molecule is c1ccc(C(=NNc2nc3ccccc3[nH]2)c2ccncc2)cc1. The van der Waals surface area contributed by atoms with E-state index in [0.29, 0.717) is 5.95 Å². The largest absolute Gasteiger partial charge is 0.323 e. The van der Waals surface area contributed by atoms with Crippen molar-refractivity contribution >= 4 is 22.7 Å². The van der Waals surface area contributed by atoms with Gasteiger partial charge in [-0.3, -0.25) is 4.98 Å². The fourth-order valence-corrected chi connectivity index (χ4v) is 2.52. The number of hydrogen-bond acceptors (Lipinski definition) is 4. The Balaban J connectivity index is 1.71. The molecule has 4 aromatic rings. The van der Waals surface area contributed by atoms with Crippen LogP contribution in [0.1, 0.15) is 11.1 Å². The van der Waals surface area contributed by atoms with E-state index in [-0.39, 0.29) is 0 Å². The molecule has 2 heterocycles. The van der Waals surface area contributed by atoms with Crippen molar-refractivity contribution in [3.05, 3.63) is 90.3 Å². The Labute approximate surface area is 139 Å². The quantitative estimate of drug-likeness (QED) is 0.444. The standard InChI is InChI=1S/C19H15N5/c1-2-6-14(7-3-1)18(15-10-12-20-13-11-15)23-24-19-21-16-8-4-5-9-17(16)22-19/h1-13H,(H2,21,22,24). The van der Waals surface area contributed by atoms with E-state index in [0.717, 1.165) is 27.9 Å². The number of aromatic nitrogens is 3. The lowest BCUT2D eigenvalue weighted by Gasteiger charge is -2.07. The molecule has 0 amide bonds. The maximum atomic E-state index is 4.57. The van der Waals surface area contributed by atoms with Crippen LogP contribution < -0.4 is 5.43 Å². The summed E-state index contributed by atoms with van der Waals surface area (Å²) in [6, 6.07) is 21.8. The summed E-state index contributed by atoms with van der Waals surface area (Å²) in [5.41, 5.74) is 7.75. The van der Waals surface area contributed by atoms with Crippen molar-refractivity contribution in [2.24, 2.45) is 5.10 Å². The molecule has 5 heteroatoms. The Hall–Kier alpha value is -3.47. The van der Waals surface area contributed by atoms with Crippen LogP contribution in [0.5, 0.6) is 0 Å². The third-order valence-corrected chi connectivity index (χ3v) is 3.66. The number of rotatable bonds is 4. The van der Waals surface area contributed by atoms with Crippen molar-refractivity contribution in [2.75, 3.05) is 5.43 Å². The summed E-state index contributed by atoms with van der Waals surface area (Å²) in [4.78, 5) is 11.8. The predicted molar refractivity (Wildman–Crippen MR) is 96.0 cm³/mol. The van der Waals surface area contributed by atoms with Crippen molar-refractivity contribution in [1.29, 1.82) is 0 Å². The summed E-state index contributed by atoms with van der Waals surface area (Å²) in [5, 5.41) is 4.57. The molecule has 0 saturated carbocycles. The van der Waals surface area contributed by atoms with Crippen molar-refractivity contribution < 1.29 is 0 Å². The zero-order chi connectivity index (χ0) is 16.2. The van der Waals surface area contributed by atoms with Gasteiger partial charge in [-0.15, -0.1) is 0 Å². The fourth-order valence-electron chi connectivity index (χ4n) is 2.52. The Morgan fingerprint density at radius 1 is 0.833 bits per heavy atom. The highest BCUT2D eigenvalue weighted by atomic mass is 15.4. The fraction of sp³-hybridized carbons (Fsp3) is 0. The minimum Gasteiger partial charge on any atom is -0.323 e. The first kappa shape index (κ1) is 14.1. The lowest BCUT2D eigenvalue weighted by atomic mass is 10.0. The van der Waals surface area contributed by atoms with E-state index in [1.807, 2.05) is 66.7 Å². The van der Waals surface area contributed by atoms with Gasteiger partial charge in [0.05, 0.1) is 16.7 Å². The molecular formula is C19H15N5. The van der Waals surface area contributed by atoms with E-state index < -0.39 is 0 Å². The molecule has 2 N–H and O–H groups in total. The van der Waals surface area contributed by atoms with E-state index in [9.17, 15) is 0 Å². The van der Waals surface area contributed by atoms with E-state index in [1.54, 1.807) is 12.4 Å². The maximum Gasteiger partial charge on any atom is 0.222 e. The van der Waals surface area contributed by atoms with Crippen molar-refractivity contribution in [3.8, 4) is 0 Å². The molecule has 0 bridgehead atoms. The number of benzene rings is 2. The average molecular weight is 313 g/mol. The second kappa shape index (κ2) is 6.34. The molecule has 0 spiro atoms. The molecule has 0 aliphatic rings. The van der Waals surface area contributed by atoms with Gasteiger partial charge in [-0.2, -0.15) is 5.10 Å². The van der Waals surface area contributed by atoms with Crippen molar-refractivity contribution in [3.63, 3.8) is 0 Å². The summed E-state index contributed by atoms with van der Waals surface area (Å²) in [6.45, 7) is 0. The molecule has 24 heavy (non-hydrogen) atoms. The summed E-state index contributed by atoms with van der Waals surface area (Å²) in [5.74, 6) is 0.610. The minimum absolute atomic E-state index is 0.610. The molecule has 0 saturated heterocycles. The Kier molecular flexibility index (Phi) is 3.73. The van der Waals surface area contributed by atoms with Crippen LogP contribution >= 0.6 is 0 Å². The monoisotopic (exact) mass is 313 g/mol. The van der Waals surface area contributed by atoms with Crippen LogP contribution in [0, 0.1) is 0 Å². The zero-order valence-electron chi connectivity index (χ0n) is 12.8. The highest BCUT2D eigenvalue weighted by Crippen LogP contribution is 2.15. The first-order chi connectivity index (χ1) is 11.9. The highest BCUT2D eigenvalue weighted by Gasteiger charge is 2.07. The molecule has 5 nitrogen and oxygen atoms in total. The van der Waals surface area contributed by atoms with Crippen LogP contribution in [0.2, 0.25) is 0 Å². The summed E-state index contributed by atoms with van der Waals surface area (Å²) >= 11 is 0. The van der Waals surface area contributed by atoms with Gasteiger partial charge in [0.2, 0.25) is 5.95 Å². The summed E-state index contributed by atoms with van der Waals surface area (Å²) < 4.78 is 0. The van der Waals surface area contributed by atoms with E-state index in [2.05, 4.69) is 25.5 Å². The van der Waals surface area contributed by atoms with Gasteiger partial charge in [-0.25, -0.2) is 10.4 Å². The van der Waals surface area contributed by atoms with Gasteiger partial charge in [-0.05, 0) is 24.3 Å². The first-order valence-corrected chi connectivity index (χ1v) is 7.64. The second-order valence-electron chi connectivity index (χ2n) is 5.28. The maximum absolute atomic E-state index is 4.57. The van der Waals surface area contributed by atoms with Gasteiger partial charge in [0.15, 0.2) is 0 Å². The van der Waals surface area contributed by atoms with Crippen molar-refractivity contribution in [1.82, 2.24) is 15.0 Å². The molecule has 2 aromatic carbocycles. The molecule has 0 aliphatic heterocycles. The number of nitrogens with zero attached hydrogens (tertiary/aromatic N) is 3. The molecule has 0 radical (unpaired) electrons. The lowest BCUT2D eigenvalue weighted by molar-refractivity contribution is 1.20. The number of anilines is 1. The van der Waals surface area contributed by atoms with E-state index in [1.165, 1.54) is 0 Å². The van der Waals surface area contributed by atoms with Gasteiger partial charge in [0, 0.05) is 23.5 Å². The normalized spacial score (nSPS) is 11.6. The molecule has 0 fully saturated rings. The second-order valence-corrected chi connectivity index (χ2v) is 5.28. The topological polar surface area (TPSA) is 66.0 Å². The van der Waals surface area contributed by atoms with Crippen LogP contribution in [0.4, 0.5) is 5.95 Å². The van der Waals surface area contributed by atoms with Gasteiger partial charge in [0.25, 0.3) is 0 Å². The highest BCUT2D eigenvalue weighted by molar-refractivity contribution is 6.13. The third-order valence-electron chi connectivity index (χ3n) is 3.66. The Morgan fingerprint density at radius 2 is 1.54 bits per heavy atom. The molecule has 116 valence electrons. The van der Waals surface area contributed by atoms with E-state index >= 15 is 0 Å². The summed E-state index contributed by atoms with van der Waals surface area (Å²) in [7, 11) is 0. The number of hydrogen-bond donors (Lipinski definition) is 2. The number of aromatic amines is 1. The van der Waals surface area contributed by atoms with E-state index in [4.69, 9.17) is 0 Å². The van der Waals surface area contributed by atoms with Gasteiger partial charge < -0.3 is 4.98 Å². The number of H-pyrrole nitrogens is 1. The van der Waals surface area contributed by atoms with Crippen LogP contribution in [0.3, 0.4) is 0 Å². The van der Waals surface area contributed by atoms with Crippen LogP contribution in [0.15, 0.2) is 84.2 Å². The molecule has 0 unspecified atom stereocenters. The number of pyridine rings is 1. The lowest BCUT2D eigenvalue weighted by Crippen LogP contribution is -2.07. The van der Waals surface area contributed by atoms with Crippen molar-refractivity contribution in [2.45, 2.75) is 0 Å². The molecule has 2 aromatic heterocycles. The molecular weight excluding hydrogens is 298 g/mol. The molecule has 0 atom stereocenters. The van der Waals surface area contributed by atoms with Gasteiger partial charge in [0.1, 0.15) is 0 Å². The Bertz CT molecular complexity index is 900. The first-order valence-electron chi connectivity index (χ1n) is 7.64. The Morgan fingerprint density at radius 3 is 2.33 bits per heavy atom. The predicted octanol–water partition coefficient (Wildman–Crippen LogP) is 3.82. The number of imidazole rings is 1.